The normalized spacial score (nSPS) is 10.7. The summed E-state index contributed by atoms with van der Waals surface area (Å²) in [5.74, 6) is 0.385. The summed E-state index contributed by atoms with van der Waals surface area (Å²) in [7, 11) is 1.85. The molecule has 0 fully saturated rings. The van der Waals surface area contributed by atoms with Crippen LogP contribution in [-0.4, -0.2) is 22.4 Å². The number of esters is 1. The van der Waals surface area contributed by atoms with Gasteiger partial charge in [0.15, 0.2) is 0 Å². The number of rotatable bonds is 5. The average Bonchev–Trinajstić information content (AvgIpc) is 2.79. The molecule has 4 nitrogen and oxygen atoms in total. The predicted octanol–water partition coefficient (Wildman–Crippen LogP) is 3.51. The molecule has 0 amide bonds. The van der Waals surface area contributed by atoms with E-state index in [-0.39, 0.29) is 5.97 Å². The van der Waals surface area contributed by atoms with Crippen molar-refractivity contribution in [1.29, 1.82) is 0 Å². The van der Waals surface area contributed by atoms with Gasteiger partial charge in [0, 0.05) is 17.7 Å². The minimum absolute atomic E-state index is 0.304. The van der Waals surface area contributed by atoms with E-state index in [0.29, 0.717) is 17.9 Å². The molecule has 0 N–H and O–H groups in total. The van der Waals surface area contributed by atoms with Crippen LogP contribution in [0.2, 0.25) is 0 Å². The number of nitrogens with zero attached hydrogens (tertiary/aromatic N) is 2. The first-order chi connectivity index (χ1) is 10.0. The Balaban J connectivity index is 2.16. The third-order valence-corrected chi connectivity index (χ3v) is 4.44. The number of hydrogen-bond acceptors (Lipinski definition) is 4. The predicted molar refractivity (Wildman–Crippen MR) is 84.6 cm³/mol. The van der Waals surface area contributed by atoms with E-state index in [1.807, 2.05) is 7.05 Å². The largest absolute Gasteiger partial charge is 0.462 e. The number of hydrogen-bond donors (Lipinski definition) is 0. The van der Waals surface area contributed by atoms with E-state index < -0.39 is 0 Å². The number of aromatic nitrogens is 2. The SMILES string of the molecule is CCOC(=O)c1cnn(C)c1CSc1ccc(C)cc1C. The van der Waals surface area contributed by atoms with Gasteiger partial charge in [-0.15, -0.1) is 11.8 Å². The topological polar surface area (TPSA) is 44.1 Å². The van der Waals surface area contributed by atoms with Gasteiger partial charge in [0.2, 0.25) is 0 Å². The number of thioether (sulfide) groups is 1. The zero-order valence-electron chi connectivity index (χ0n) is 12.8. The van der Waals surface area contributed by atoms with Crippen LogP contribution in [0.5, 0.6) is 0 Å². The first-order valence-corrected chi connectivity index (χ1v) is 7.89. The summed E-state index contributed by atoms with van der Waals surface area (Å²) in [5.41, 5.74) is 3.94. The van der Waals surface area contributed by atoms with Crippen LogP contribution in [-0.2, 0) is 17.5 Å². The maximum atomic E-state index is 11.9. The summed E-state index contributed by atoms with van der Waals surface area (Å²) in [4.78, 5) is 13.1. The van der Waals surface area contributed by atoms with Gasteiger partial charge in [-0.25, -0.2) is 4.79 Å². The van der Waals surface area contributed by atoms with Crippen LogP contribution in [0.15, 0.2) is 29.3 Å². The Bertz CT molecular complexity index is 650. The molecule has 0 aliphatic heterocycles. The van der Waals surface area contributed by atoms with Crippen molar-refractivity contribution in [2.75, 3.05) is 6.61 Å². The molecule has 0 saturated heterocycles. The van der Waals surface area contributed by atoms with Crippen LogP contribution in [0.3, 0.4) is 0 Å². The number of carbonyl (C=O) groups is 1. The molecule has 2 aromatic rings. The van der Waals surface area contributed by atoms with Crippen molar-refractivity contribution in [3.8, 4) is 0 Å². The van der Waals surface area contributed by atoms with Crippen LogP contribution < -0.4 is 0 Å². The Labute approximate surface area is 129 Å². The van der Waals surface area contributed by atoms with Crippen LogP contribution in [0.25, 0.3) is 0 Å². The molecule has 0 unspecified atom stereocenters. The van der Waals surface area contributed by atoms with E-state index in [2.05, 4.69) is 37.1 Å². The molecule has 21 heavy (non-hydrogen) atoms. The van der Waals surface area contributed by atoms with Gasteiger partial charge in [0.1, 0.15) is 5.56 Å². The molecule has 1 heterocycles. The van der Waals surface area contributed by atoms with Gasteiger partial charge in [-0.1, -0.05) is 17.7 Å². The number of aryl methyl sites for hydroxylation is 3. The monoisotopic (exact) mass is 304 g/mol. The van der Waals surface area contributed by atoms with Crippen LogP contribution in [0.1, 0.15) is 34.1 Å². The van der Waals surface area contributed by atoms with Crippen LogP contribution in [0.4, 0.5) is 0 Å². The van der Waals surface area contributed by atoms with E-state index >= 15 is 0 Å². The minimum Gasteiger partial charge on any atom is -0.462 e. The second kappa shape index (κ2) is 6.80. The summed E-state index contributed by atoms with van der Waals surface area (Å²) >= 11 is 1.71. The molecule has 0 bridgehead atoms. The standard InChI is InChI=1S/C16H20N2O2S/c1-5-20-16(19)13-9-17-18(4)14(13)10-21-15-7-6-11(2)8-12(15)3/h6-9H,5,10H2,1-4H3. The van der Waals surface area contributed by atoms with E-state index in [4.69, 9.17) is 4.74 Å². The fraction of sp³-hybridized carbons (Fsp3) is 0.375. The third kappa shape index (κ3) is 3.67. The molecule has 0 saturated carbocycles. The zero-order valence-corrected chi connectivity index (χ0v) is 13.7. The Morgan fingerprint density at radius 2 is 2.14 bits per heavy atom. The van der Waals surface area contributed by atoms with Crippen molar-refractivity contribution >= 4 is 17.7 Å². The Kier molecular flexibility index (Phi) is 5.07. The van der Waals surface area contributed by atoms with Crippen molar-refractivity contribution in [2.45, 2.75) is 31.4 Å². The molecule has 5 heteroatoms. The van der Waals surface area contributed by atoms with E-state index in [1.54, 1.807) is 29.6 Å². The second-order valence-corrected chi connectivity index (χ2v) is 5.92. The highest BCUT2D eigenvalue weighted by Gasteiger charge is 2.17. The number of benzene rings is 1. The molecule has 0 radical (unpaired) electrons. The summed E-state index contributed by atoms with van der Waals surface area (Å²) in [6.45, 7) is 6.36. The number of carbonyl (C=O) groups excluding carboxylic acids is 1. The van der Waals surface area contributed by atoms with Gasteiger partial charge in [0.05, 0.1) is 18.5 Å². The van der Waals surface area contributed by atoms with Gasteiger partial charge in [-0.2, -0.15) is 5.10 Å². The smallest absolute Gasteiger partial charge is 0.341 e. The second-order valence-electron chi connectivity index (χ2n) is 4.91. The third-order valence-electron chi connectivity index (χ3n) is 3.25. The molecular weight excluding hydrogens is 284 g/mol. The van der Waals surface area contributed by atoms with Crippen LogP contribution >= 0.6 is 11.8 Å². The lowest BCUT2D eigenvalue weighted by atomic mass is 10.2. The lowest BCUT2D eigenvalue weighted by Gasteiger charge is -2.08. The van der Waals surface area contributed by atoms with Gasteiger partial charge in [0.25, 0.3) is 0 Å². The Morgan fingerprint density at radius 1 is 1.38 bits per heavy atom. The van der Waals surface area contributed by atoms with E-state index in [1.165, 1.54) is 16.0 Å². The molecule has 1 aromatic carbocycles. The summed E-state index contributed by atoms with van der Waals surface area (Å²) < 4.78 is 6.81. The van der Waals surface area contributed by atoms with Crippen molar-refractivity contribution in [2.24, 2.45) is 7.05 Å². The molecule has 1 aromatic heterocycles. The summed E-state index contributed by atoms with van der Waals surface area (Å²) in [6.07, 6.45) is 1.58. The van der Waals surface area contributed by atoms with Gasteiger partial charge in [-0.05, 0) is 32.4 Å². The maximum Gasteiger partial charge on any atom is 0.341 e. The molecule has 0 spiro atoms. The van der Waals surface area contributed by atoms with Crippen LogP contribution in [0, 0.1) is 13.8 Å². The highest BCUT2D eigenvalue weighted by Crippen LogP contribution is 2.27. The first-order valence-electron chi connectivity index (χ1n) is 6.91. The molecule has 0 atom stereocenters. The minimum atomic E-state index is -0.304. The highest BCUT2D eigenvalue weighted by molar-refractivity contribution is 7.98. The zero-order chi connectivity index (χ0) is 15.4. The van der Waals surface area contributed by atoms with Crippen molar-refractivity contribution in [3.63, 3.8) is 0 Å². The number of ether oxygens (including phenoxy) is 1. The lowest BCUT2D eigenvalue weighted by Crippen LogP contribution is -2.08. The fourth-order valence-electron chi connectivity index (χ4n) is 2.12. The quantitative estimate of drug-likeness (QED) is 0.626. The van der Waals surface area contributed by atoms with Crippen molar-refractivity contribution in [3.05, 3.63) is 46.8 Å². The summed E-state index contributed by atoms with van der Waals surface area (Å²) in [6, 6.07) is 6.39. The van der Waals surface area contributed by atoms with Gasteiger partial charge < -0.3 is 4.74 Å². The summed E-state index contributed by atoms with van der Waals surface area (Å²) in [5, 5.41) is 4.17. The lowest BCUT2D eigenvalue weighted by molar-refractivity contribution is 0.0525. The average molecular weight is 304 g/mol. The van der Waals surface area contributed by atoms with E-state index in [9.17, 15) is 4.79 Å². The molecule has 2 rings (SSSR count). The maximum absolute atomic E-state index is 11.9. The highest BCUT2D eigenvalue weighted by atomic mass is 32.2. The fourth-order valence-corrected chi connectivity index (χ4v) is 3.21. The van der Waals surface area contributed by atoms with E-state index in [0.717, 1.165) is 5.69 Å². The van der Waals surface area contributed by atoms with Crippen molar-refractivity contribution in [1.82, 2.24) is 9.78 Å². The molecule has 0 aliphatic carbocycles. The Hall–Kier alpha value is -1.75. The first kappa shape index (κ1) is 15.6. The van der Waals surface area contributed by atoms with Gasteiger partial charge >= 0.3 is 5.97 Å². The Morgan fingerprint density at radius 3 is 2.81 bits per heavy atom. The molecule has 0 aliphatic rings. The van der Waals surface area contributed by atoms with Crippen molar-refractivity contribution < 1.29 is 9.53 Å². The molecular formula is C16H20N2O2S. The van der Waals surface area contributed by atoms with Gasteiger partial charge in [-0.3, -0.25) is 4.68 Å². The molecule has 112 valence electrons.